The first-order valence-corrected chi connectivity index (χ1v) is 12.7. The number of rotatable bonds is 7. The second kappa shape index (κ2) is 10.7. The second-order valence-corrected chi connectivity index (χ2v) is 9.59. The zero-order chi connectivity index (χ0) is 26.8. The summed E-state index contributed by atoms with van der Waals surface area (Å²) in [5, 5.41) is 11.8. The van der Waals surface area contributed by atoms with Crippen molar-refractivity contribution in [3.8, 4) is 5.69 Å². The van der Waals surface area contributed by atoms with Crippen LogP contribution in [0.3, 0.4) is 0 Å². The van der Waals surface area contributed by atoms with Crippen LogP contribution < -0.4 is 16.2 Å². The lowest BCUT2D eigenvalue weighted by atomic mass is 10.2. The van der Waals surface area contributed by atoms with Crippen LogP contribution >= 0.6 is 23.2 Å². The first-order valence-electron chi connectivity index (χ1n) is 11.9. The molecule has 5 aromatic rings. The van der Waals surface area contributed by atoms with Crippen molar-refractivity contribution >= 4 is 51.6 Å². The lowest BCUT2D eigenvalue weighted by Crippen LogP contribution is -2.32. The number of hydrogen-bond acceptors (Lipinski definition) is 5. The fourth-order valence-corrected chi connectivity index (χ4v) is 4.69. The number of aryl methyl sites for hydroxylation is 2. The monoisotopic (exact) mass is 546 g/mol. The summed E-state index contributed by atoms with van der Waals surface area (Å²) < 4.78 is 3.01. The predicted molar refractivity (Wildman–Crippen MR) is 151 cm³/mol. The molecule has 0 fully saturated rings. The third-order valence-corrected chi connectivity index (χ3v) is 6.66. The summed E-state index contributed by atoms with van der Waals surface area (Å²) in [5.74, 6) is 0.000948. The Morgan fingerprint density at radius 2 is 1.74 bits per heavy atom. The van der Waals surface area contributed by atoms with Gasteiger partial charge >= 0.3 is 0 Å². The Hall–Kier alpha value is -4.14. The Kier molecular flexibility index (Phi) is 7.18. The number of hydrogen-bond donors (Lipinski definition) is 2. The van der Waals surface area contributed by atoms with Gasteiger partial charge in [0.2, 0.25) is 5.95 Å². The van der Waals surface area contributed by atoms with Gasteiger partial charge in [-0.3, -0.25) is 14.2 Å². The van der Waals surface area contributed by atoms with Gasteiger partial charge in [-0.05, 0) is 67.9 Å². The molecule has 8 nitrogen and oxygen atoms in total. The molecule has 0 aliphatic carbocycles. The van der Waals surface area contributed by atoms with Gasteiger partial charge in [-0.2, -0.15) is 5.10 Å². The molecule has 0 spiro atoms. The molecule has 0 unspecified atom stereocenters. The molecule has 0 saturated carbocycles. The number of halogens is 2. The number of nitrogens with zero attached hydrogens (tertiary/aromatic N) is 4. The summed E-state index contributed by atoms with van der Waals surface area (Å²) in [6, 6.07) is 22.0. The van der Waals surface area contributed by atoms with Crippen molar-refractivity contribution in [3.63, 3.8) is 0 Å². The molecule has 2 N–H and O–H groups in total. The fraction of sp³-hybridized carbons (Fsp3) is 0.143. The zero-order valence-electron chi connectivity index (χ0n) is 20.7. The number of amides is 1. The van der Waals surface area contributed by atoms with E-state index < -0.39 is 0 Å². The predicted octanol–water partition coefficient (Wildman–Crippen LogP) is 5.68. The van der Waals surface area contributed by atoms with Crippen LogP contribution in [0.4, 0.5) is 11.6 Å². The lowest BCUT2D eigenvalue weighted by molar-refractivity contribution is 0.0951. The van der Waals surface area contributed by atoms with Gasteiger partial charge in [-0.1, -0.05) is 47.5 Å². The van der Waals surface area contributed by atoms with E-state index in [4.69, 9.17) is 23.2 Å². The molecule has 0 saturated heterocycles. The minimum Gasteiger partial charge on any atom is -0.350 e. The van der Waals surface area contributed by atoms with Crippen LogP contribution in [0.5, 0.6) is 0 Å². The molecule has 0 atom stereocenters. The summed E-state index contributed by atoms with van der Waals surface area (Å²) >= 11 is 12.5. The zero-order valence-corrected chi connectivity index (χ0v) is 22.2. The summed E-state index contributed by atoms with van der Waals surface area (Å²) in [5.41, 5.74) is 3.69. The summed E-state index contributed by atoms with van der Waals surface area (Å²) in [6.07, 6.45) is 0. The van der Waals surface area contributed by atoms with Crippen molar-refractivity contribution in [1.29, 1.82) is 0 Å². The number of anilines is 2. The molecule has 192 valence electrons. The van der Waals surface area contributed by atoms with Gasteiger partial charge in [0, 0.05) is 23.8 Å². The number of benzene rings is 3. The highest BCUT2D eigenvalue weighted by atomic mass is 35.5. The van der Waals surface area contributed by atoms with Crippen molar-refractivity contribution in [2.45, 2.75) is 20.4 Å². The first-order chi connectivity index (χ1) is 18.3. The van der Waals surface area contributed by atoms with Crippen molar-refractivity contribution in [2.75, 3.05) is 11.9 Å². The van der Waals surface area contributed by atoms with Crippen LogP contribution in [0, 0.1) is 13.8 Å². The van der Waals surface area contributed by atoms with E-state index in [9.17, 15) is 9.59 Å². The van der Waals surface area contributed by atoms with Gasteiger partial charge in [0.25, 0.3) is 11.5 Å². The number of carbonyl (C=O) groups is 1. The van der Waals surface area contributed by atoms with E-state index in [1.54, 1.807) is 49.4 Å². The van der Waals surface area contributed by atoms with Gasteiger partial charge in [-0.15, -0.1) is 0 Å². The third kappa shape index (κ3) is 5.14. The fourth-order valence-electron chi connectivity index (χ4n) is 4.20. The number of fused-ring (bicyclic) bond motifs is 1. The van der Waals surface area contributed by atoms with Crippen molar-refractivity contribution in [3.05, 3.63) is 110 Å². The number of carbonyl (C=O) groups excluding carboxylic acids is 1. The van der Waals surface area contributed by atoms with E-state index in [0.717, 1.165) is 11.3 Å². The SMILES string of the molecule is Cc1cccc(Nc2nc3ccccc3c(=O)n2CCNC(=O)c2c(C)nn(-c3ccc(Cl)cc3)c2Cl)c1. The van der Waals surface area contributed by atoms with Crippen molar-refractivity contribution in [2.24, 2.45) is 0 Å². The maximum absolute atomic E-state index is 13.4. The van der Waals surface area contributed by atoms with Gasteiger partial charge in [-0.25, -0.2) is 9.67 Å². The highest BCUT2D eigenvalue weighted by Crippen LogP contribution is 2.24. The third-order valence-electron chi connectivity index (χ3n) is 6.06. The molecule has 2 aromatic heterocycles. The minimum atomic E-state index is -0.386. The Morgan fingerprint density at radius 1 is 0.974 bits per heavy atom. The maximum atomic E-state index is 13.4. The minimum absolute atomic E-state index is 0.170. The normalized spacial score (nSPS) is 11.1. The standard InChI is InChI=1S/C28H24Cl2N6O2/c1-17-6-5-7-20(16-17)32-28-33-23-9-4-3-8-22(23)27(38)35(28)15-14-31-26(37)24-18(2)34-36(25(24)30)21-12-10-19(29)11-13-21/h3-13,16H,14-15H2,1-2H3,(H,31,37)(H,32,33). The summed E-state index contributed by atoms with van der Waals surface area (Å²) in [7, 11) is 0. The van der Waals surface area contributed by atoms with Gasteiger partial charge < -0.3 is 10.6 Å². The Balaban J connectivity index is 1.39. The first kappa shape index (κ1) is 25.5. The number of aromatic nitrogens is 4. The molecule has 2 heterocycles. The molecule has 0 aliphatic heterocycles. The number of nitrogens with one attached hydrogen (secondary N) is 2. The van der Waals surface area contributed by atoms with E-state index in [1.165, 1.54) is 9.25 Å². The molecule has 5 rings (SSSR count). The largest absolute Gasteiger partial charge is 0.350 e. The molecule has 3 aromatic carbocycles. The van der Waals surface area contributed by atoms with Crippen LogP contribution in [0.15, 0.2) is 77.6 Å². The van der Waals surface area contributed by atoms with Gasteiger partial charge in [0.05, 0.1) is 27.8 Å². The molecule has 1 amide bonds. The Bertz CT molecular complexity index is 1710. The molecule has 0 radical (unpaired) electrons. The van der Waals surface area contributed by atoms with E-state index in [0.29, 0.717) is 33.3 Å². The van der Waals surface area contributed by atoms with Crippen LogP contribution in [0.2, 0.25) is 10.2 Å². The molecule has 0 aliphatic rings. The molecular weight excluding hydrogens is 523 g/mol. The van der Waals surface area contributed by atoms with Crippen molar-refractivity contribution < 1.29 is 4.79 Å². The number of para-hydroxylation sites is 1. The van der Waals surface area contributed by atoms with Gasteiger partial charge in [0.15, 0.2) is 0 Å². The van der Waals surface area contributed by atoms with Crippen LogP contribution in [0.25, 0.3) is 16.6 Å². The topological polar surface area (TPSA) is 93.8 Å². The highest BCUT2D eigenvalue weighted by molar-refractivity contribution is 6.33. The second-order valence-electron chi connectivity index (χ2n) is 8.80. The van der Waals surface area contributed by atoms with Crippen molar-refractivity contribution in [1.82, 2.24) is 24.6 Å². The Morgan fingerprint density at radius 3 is 2.50 bits per heavy atom. The van der Waals surface area contributed by atoms with Crippen LogP contribution in [-0.4, -0.2) is 31.8 Å². The van der Waals surface area contributed by atoms with E-state index in [2.05, 4.69) is 20.7 Å². The van der Waals surface area contributed by atoms with E-state index in [1.807, 2.05) is 37.3 Å². The quantitative estimate of drug-likeness (QED) is 0.274. The Labute approximate surface area is 228 Å². The molecule has 10 heteroatoms. The lowest BCUT2D eigenvalue weighted by Gasteiger charge is -2.15. The molecule has 0 bridgehead atoms. The smallest absolute Gasteiger partial charge is 0.262 e. The maximum Gasteiger partial charge on any atom is 0.262 e. The average Bonchev–Trinajstić information content (AvgIpc) is 3.20. The summed E-state index contributed by atoms with van der Waals surface area (Å²) in [4.78, 5) is 31.2. The van der Waals surface area contributed by atoms with Crippen LogP contribution in [0.1, 0.15) is 21.6 Å². The molecule has 38 heavy (non-hydrogen) atoms. The van der Waals surface area contributed by atoms with Gasteiger partial charge in [0.1, 0.15) is 5.15 Å². The average molecular weight is 547 g/mol. The summed E-state index contributed by atoms with van der Waals surface area (Å²) in [6.45, 7) is 4.07. The van der Waals surface area contributed by atoms with Crippen LogP contribution in [-0.2, 0) is 6.54 Å². The van der Waals surface area contributed by atoms with E-state index >= 15 is 0 Å². The molecular formula is C28H24Cl2N6O2. The highest BCUT2D eigenvalue weighted by Gasteiger charge is 2.21. The van der Waals surface area contributed by atoms with E-state index in [-0.39, 0.29) is 35.3 Å².